The largest absolute Gasteiger partial charge is 0.461 e. The quantitative estimate of drug-likeness (QED) is 0.302. The fraction of sp³-hybridized carbons (Fsp3) is 0.0952. The zero-order chi connectivity index (χ0) is 19.4. The van der Waals surface area contributed by atoms with E-state index in [1.165, 1.54) is 24.3 Å². The molecule has 3 aromatic rings. The van der Waals surface area contributed by atoms with Crippen LogP contribution in [0.1, 0.15) is 15.9 Å². The van der Waals surface area contributed by atoms with Crippen LogP contribution in [0.15, 0.2) is 72.8 Å². The standard InChI is InChI=1S/C21H14F4O2/c22-20(23)21(24,25)27-18-7-3-4-14(12-18)8-11-19(26)17-10-9-15-5-1-2-6-16(15)13-17/h1-13,20H/b11-8+. The maximum Gasteiger partial charge on any atom is 0.461 e. The number of benzene rings is 3. The lowest BCUT2D eigenvalue weighted by Crippen LogP contribution is -2.33. The van der Waals surface area contributed by atoms with Crippen molar-refractivity contribution < 1.29 is 27.1 Å². The zero-order valence-corrected chi connectivity index (χ0v) is 13.9. The van der Waals surface area contributed by atoms with Crippen LogP contribution in [0.4, 0.5) is 17.6 Å². The average Bonchev–Trinajstić information content (AvgIpc) is 2.65. The van der Waals surface area contributed by atoms with Gasteiger partial charge < -0.3 is 4.74 Å². The van der Waals surface area contributed by atoms with E-state index in [1.807, 2.05) is 30.3 Å². The lowest BCUT2D eigenvalue weighted by molar-refractivity contribution is -0.253. The second-order valence-electron chi connectivity index (χ2n) is 5.80. The Morgan fingerprint density at radius 1 is 0.926 bits per heavy atom. The van der Waals surface area contributed by atoms with Crippen LogP contribution in [0, 0.1) is 0 Å². The van der Waals surface area contributed by atoms with Gasteiger partial charge in [-0.25, -0.2) is 0 Å². The highest BCUT2D eigenvalue weighted by Crippen LogP contribution is 2.28. The van der Waals surface area contributed by atoms with Crippen LogP contribution in [-0.4, -0.2) is 18.3 Å². The third-order valence-electron chi connectivity index (χ3n) is 3.83. The number of halogens is 4. The van der Waals surface area contributed by atoms with Crippen LogP contribution < -0.4 is 4.74 Å². The maximum atomic E-state index is 13.0. The second-order valence-corrected chi connectivity index (χ2v) is 5.80. The third kappa shape index (κ3) is 4.53. The summed E-state index contributed by atoms with van der Waals surface area (Å²) in [4.78, 5) is 12.3. The van der Waals surface area contributed by atoms with Gasteiger partial charge in [0, 0.05) is 5.56 Å². The van der Waals surface area contributed by atoms with Crippen molar-refractivity contribution in [3.05, 3.63) is 83.9 Å². The minimum atomic E-state index is -4.58. The molecule has 0 saturated heterocycles. The zero-order valence-electron chi connectivity index (χ0n) is 13.9. The monoisotopic (exact) mass is 374 g/mol. The number of fused-ring (bicyclic) bond motifs is 1. The van der Waals surface area contributed by atoms with Gasteiger partial charge in [-0.1, -0.05) is 54.6 Å². The van der Waals surface area contributed by atoms with E-state index in [-0.39, 0.29) is 5.78 Å². The molecule has 0 fully saturated rings. The first-order valence-corrected chi connectivity index (χ1v) is 8.01. The molecule has 0 aliphatic heterocycles. The Kier molecular flexibility index (Phi) is 5.26. The normalized spacial score (nSPS) is 12.0. The van der Waals surface area contributed by atoms with Crippen molar-refractivity contribution in [3.63, 3.8) is 0 Å². The molecule has 0 amide bonds. The number of alkyl halides is 4. The topological polar surface area (TPSA) is 26.3 Å². The van der Waals surface area contributed by atoms with Crippen LogP contribution in [0.2, 0.25) is 0 Å². The van der Waals surface area contributed by atoms with Gasteiger partial charge in [0.05, 0.1) is 0 Å². The van der Waals surface area contributed by atoms with E-state index in [1.54, 1.807) is 12.1 Å². The average molecular weight is 374 g/mol. The first-order chi connectivity index (χ1) is 12.8. The van der Waals surface area contributed by atoms with Crippen LogP contribution >= 0.6 is 0 Å². The highest BCUT2D eigenvalue weighted by molar-refractivity contribution is 6.08. The molecule has 0 spiro atoms. The highest BCUT2D eigenvalue weighted by Gasteiger charge is 2.43. The van der Waals surface area contributed by atoms with Crippen LogP contribution in [0.5, 0.6) is 5.75 Å². The Morgan fingerprint density at radius 3 is 2.41 bits per heavy atom. The second kappa shape index (κ2) is 7.61. The van der Waals surface area contributed by atoms with Gasteiger partial charge in [0.1, 0.15) is 5.75 Å². The molecule has 3 rings (SSSR count). The Bertz CT molecular complexity index is 996. The molecule has 6 heteroatoms. The Labute approximate surface area is 152 Å². The first kappa shape index (κ1) is 18.6. The molecule has 27 heavy (non-hydrogen) atoms. The minimum absolute atomic E-state index is 0.273. The summed E-state index contributed by atoms with van der Waals surface area (Å²) in [5, 5.41) is 1.92. The molecular formula is C21H14F4O2. The molecule has 2 nitrogen and oxygen atoms in total. The maximum absolute atomic E-state index is 13.0. The van der Waals surface area contributed by atoms with E-state index in [0.29, 0.717) is 11.1 Å². The summed E-state index contributed by atoms with van der Waals surface area (Å²) in [6, 6.07) is 18.1. The molecule has 0 heterocycles. The van der Waals surface area contributed by atoms with Gasteiger partial charge in [0.15, 0.2) is 5.78 Å². The Morgan fingerprint density at radius 2 is 1.67 bits per heavy atom. The summed E-state index contributed by atoms with van der Waals surface area (Å²) >= 11 is 0. The lowest BCUT2D eigenvalue weighted by Gasteiger charge is -2.16. The Balaban J connectivity index is 1.76. The summed E-state index contributed by atoms with van der Waals surface area (Å²) < 4.78 is 54.4. The van der Waals surface area contributed by atoms with Crippen molar-refractivity contribution in [2.75, 3.05) is 0 Å². The van der Waals surface area contributed by atoms with E-state index in [2.05, 4.69) is 4.74 Å². The fourth-order valence-electron chi connectivity index (χ4n) is 2.49. The molecule has 0 N–H and O–H groups in total. The van der Waals surface area contributed by atoms with Crippen molar-refractivity contribution in [2.24, 2.45) is 0 Å². The summed E-state index contributed by atoms with van der Waals surface area (Å²) in [6.45, 7) is 0. The smallest absolute Gasteiger partial charge is 0.428 e. The van der Waals surface area contributed by atoms with Gasteiger partial charge in [-0.05, 0) is 40.6 Å². The van der Waals surface area contributed by atoms with Gasteiger partial charge in [-0.15, -0.1) is 0 Å². The van der Waals surface area contributed by atoms with Crippen LogP contribution in [0.25, 0.3) is 16.8 Å². The predicted octanol–water partition coefficient (Wildman–Crippen LogP) is 5.97. The Hall–Kier alpha value is -3.15. The summed E-state index contributed by atoms with van der Waals surface area (Å²) in [5.74, 6) is -0.689. The molecule has 0 aliphatic carbocycles. The molecule has 0 unspecified atom stereocenters. The molecular weight excluding hydrogens is 360 g/mol. The highest BCUT2D eigenvalue weighted by atomic mass is 19.3. The molecule has 0 aliphatic rings. The fourth-order valence-corrected chi connectivity index (χ4v) is 2.49. The molecule has 0 bridgehead atoms. The van der Waals surface area contributed by atoms with Crippen LogP contribution in [-0.2, 0) is 0 Å². The van der Waals surface area contributed by atoms with Crippen molar-refractivity contribution in [1.29, 1.82) is 0 Å². The van der Waals surface area contributed by atoms with Crippen molar-refractivity contribution >= 4 is 22.6 Å². The molecule has 3 aromatic carbocycles. The number of ketones is 1. The van der Waals surface area contributed by atoms with Crippen LogP contribution in [0.3, 0.4) is 0 Å². The summed E-state index contributed by atoms with van der Waals surface area (Å²) in [7, 11) is 0. The molecule has 0 radical (unpaired) electrons. The lowest BCUT2D eigenvalue weighted by atomic mass is 10.0. The minimum Gasteiger partial charge on any atom is -0.428 e. The van der Waals surface area contributed by atoms with Crippen molar-refractivity contribution in [2.45, 2.75) is 12.5 Å². The van der Waals surface area contributed by atoms with E-state index >= 15 is 0 Å². The molecule has 0 aromatic heterocycles. The first-order valence-electron chi connectivity index (χ1n) is 8.01. The number of rotatable bonds is 6. The van der Waals surface area contributed by atoms with Gasteiger partial charge in [-0.3, -0.25) is 4.79 Å². The third-order valence-corrected chi connectivity index (χ3v) is 3.83. The van der Waals surface area contributed by atoms with E-state index in [0.717, 1.165) is 22.9 Å². The predicted molar refractivity (Wildman–Crippen MR) is 95.3 cm³/mol. The van der Waals surface area contributed by atoms with E-state index in [9.17, 15) is 22.4 Å². The molecule has 0 atom stereocenters. The van der Waals surface area contributed by atoms with Crippen molar-refractivity contribution in [3.8, 4) is 5.75 Å². The number of allylic oxidation sites excluding steroid dienone is 1. The number of hydrogen-bond acceptors (Lipinski definition) is 2. The number of carbonyl (C=O) groups excluding carboxylic acids is 1. The SMILES string of the molecule is O=C(/C=C/c1cccc(OC(F)(F)C(F)F)c1)c1ccc2ccccc2c1. The number of ether oxygens (including phenoxy) is 1. The van der Waals surface area contributed by atoms with E-state index in [4.69, 9.17) is 0 Å². The summed E-state index contributed by atoms with van der Waals surface area (Å²) in [6.07, 6.45) is -5.83. The molecule has 138 valence electrons. The number of hydrogen-bond donors (Lipinski definition) is 0. The number of carbonyl (C=O) groups is 1. The van der Waals surface area contributed by atoms with Gasteiger partial charge in [-0.2, -0.15) is 17.6 Å². The van der Waals surface area contributed by atoms with Gasteiger partial charge in [0.25, 0.3) is 0 Å². The van der Waals surface area contributed by atoms with Gasteiger partial charge >= 0.3 is 12.5 Å². The summed E-state index contributed by atoms with van der Waals surface area (Å²) in [5.41, 5.74) is 0.841. The van der Waals surface area contributed by atoms with Gasteiger partial charge in [0.2, 0.25) is 0 Å². The van der Waals surface area contributed by atoms with E-state index < -0.39 is 18.3 Å². The molecule has 0 saturated carbocycles. The van der Waals surface area contributed by atoms with Crippen molar-refractivity contribution in [1.82, 2.24) is 0 Å².